The molecule has 6 heteroatoms. The van der Waals surface area contributed by atoms with Crippen molar-refractivity contribution in [2.24, 2.45) is 5.92 Å². The highest BCUT2D eigenvalue weighted by Gasteiger charge is 2.36. The van der Waals surface area contributed by atoms with Crippen LogP contribution in [0.25, 0.3) is 0 Å². The summed E-state index contributed by atoms with van der Waals surface area (Å²) in [6.45, 7) is 6.47. The van der Waals surface area contributed by atoms with Gasteiger partial charge in [0.2, 0.25) is 0 Å². The van der Waals surface area contributed by atoms with E-state index in [0.29, 0.717) is 37.2 Å². The van der Waals surface area contributed by atoms with Gasteiger partial charge in [-0.1, -0.05) is 0 Å². The average Bonchev–Trinajstić information content (AvgIpc) is 2.49. The summed E-state index contributed by atoms with van der Waals surface area (Å²) in [7, 11) is 0. The minimum absolute atomic E-state index is 0.0384. The number of carbonyl (C=O) groups excluding carboxylic acids is 1. The SMILES string of the molecule is CC(C)(C)OC(=O)N1CCC1COc1cncc(C2CCC2CCF)c1. The van der Waals surface area contributed by atoms with Gasteiger partial charge in [0.1, 0.15) is 18.0 Å². The molecule has 2 heterocycles. The van der Waals surface area contributed by atoms with Gasteiger partial charge in [-0.3, -0.25) is 9.37 Å². The standard InChI is InChI=1S/C20H29FN2O3/c1-20(2,3)26-19(24)23-9-7-16(23)13-25-17-10-15(11-22-12-17)18-5-4-14(18)6-8-21/h10-12,14,16,18H,4-9,13H2,1-3H3. The smallest absolute Gasteiger partial charge is 0.410 e. The molecule has 3 atom stereocenters. The largest absolute Gasteiger partial charge is 0.490 e. The van der Waals surface area contributed by atoms with E-state index in [0.717, 1.165) is 24.8 Å². The quantitative estimate of drug-likeness (QED) is 0.754. The number of amides is 1. The molecule has 1 aromatic rings. The maximum absolute atomic E-state index is 12.6. The van der Waals surface area contributed by atoms with Crippen molar-refractivity contribution in [1.29, 1.82) is 0 Å². The molecule has 3 unspecified atom stereocenters. The molecule has 2 fully saturated rings. The van der Waals surface area contributed by atoms with Crippen LogP contribution < -0.4 is 4.74 Å². The van der Waals surface area contributed by atoms with Crippen LogP contribution in [0.1, 0.15) is 57.9 Å². The number of hydrogen-bond acceptors (Lipinski definition) is 4. The van der Waals surface area contributed by atoms with Gasteiger partial charge in [-0.2, -0.15) is 0 Å². The summed E-state index contributed by atoms with van der Waals surface area (Å²) in [4.78, 5) is 18.2. The highest BCUT2D eigenvalue weighted by molar-refractivity contribution is 5.69. The molecule has 0 N–H and O–H groups in total. The molecular weight excluding hydrogens is 335 g/mol. The zero-order valence-electron chi connectivity index (χ0n) is 15.9. The van der Waals surface area contributed by atoms with Crippen LogP contribution in [0.5, 0.6) is 5.75 Å². The molecule has 1 aliphatic heterocycles. The van der Waals surface area contributed by atoms with Gasteiger partial charge in [-0.15, -0.1) is 0 Å². The van der Waals surface area contributed by atoms with Gasteiger partial charge in [0.25, 0.3) is 0 Å². The number of aromatic nitrogens is 1. The van der Waals surface area contributed by atoms with E-state index in [1.54, 1.807) is 11.1 Å². The molecule has 0 spiro atoms. The van der Waals surface area contributed by atoms with Gasteiger partial charge in [0, 0.05) is 12.7 Å². The molecule has 1 saturated carbocycles. The molecule has 0 radical (unpaired) electrons. The fourth-order valence-electron chi connectivity index (χ4n) is 3.58. The van der Waals surface area contributed by atoms with Crippen molar-refractivity contribution in [2.75, 3.05) is 19.8 Å². The second-order valence-electron chi connectivity index (χ2n) is 8.30. The minimum Gasteiger partial charge on any atom is -0.490 e. The van der Waals surface area contributed by atoms with Crippen LogP contribution in [-0.4, -0.2) is 47.4 Å². The molecule has 3 rings (SSSR count). The van der Waals surface area contributed by atoms with Crippen molar-refractivity contribution in [2.45, 2.75) is 64.0 Å². The summed E-state index contributed by atoms with van der Waals surface area (Å²) in [6.07, 6.45) is 6.99. The number of nitrogens with zero attached hydrogens (tertiary/aromatic N) is 2. The van der Waals surface area contributed by atoms with Crippen LogP contribution >= 0.6 is 0 Å². The fraction of sp³-hybridized carbons (Fsp3) is 0.700. The first kappa shape index (κ1) is 18.9. The Morgan fingerprint density at radius 3 is 2.69 bits per heavy atom. The first-order chi connectivity index (χ1) is 12.4. The van der Waals surface area contributed by atoms with E-state index in [-0.39, 0.29) is 18.8 Å². The third-order valence-corrected chi connectivity index (χ3v) is 5.27. The zero-order chi connectivity index (χ0) is 18.7. The van der Waals surface area contributed by atoms with Crippen molar-refractivity contribution < 1.29 is 18.7 Å². The lowest BCUT2D eigenvalue weighted by molar-refractivity contribution is -0.0141. The molecule has 5 nitrogen and oxygen atoms in total. The van der Waals surface area contributed by atoms with Crippen molar-refractivity contribution in [3.8, 4) is 5.75 Å². The van der Waals surface area contributed by atoms with E-state index in [1.807, 2.05) is 33.0 Å². The van der Waals surface area contributed by atoms with Gasteiger partial charge >= 0.3 is 6.09 Å². The number of ether oxygens (including phenoxy) is 2. The van der Waals surface area contributed by atoms with E-state index in [1.165, 1.54) is 0 Å². The van der Waals surface area contributed by atoms with E-state index < -0.39 is 5.60 Å². The summed E-state index contributed by atoms with van der Waals surface area (Å²) in [6, 6.07) is 2.05. The van der Waals surface area contributed by atoms with E-state index >= 15 is 0 Å². The van der Waals surface area contributed by atoms with E-state index in [2.05, 4.69) is 4.98 Å². The van der Waals surface area contributed by atoms with Crippen LogP contribution in [0.3, 0.4) is 0 Å². The summed E-state index contributed by atoms with van der Waals surface area (Å²) in [5, 5.41) is 0. The van der Waals surface area contributed by atoms with E-state index in [9.17, 15) is 9.18 Å². The topological polar surface area (TPSA) is 51.7 Å². The number of carbonyl (C=O) groups is 1. The molecular formula is C20H29FN2O3. The third kappa shape index (κ3) is 4.46. The molecule has 0 bridgehead atoms. The number of pyridine rings is 1. The molecule has 144 valence electrons. The maximum atomic E-state index is 12.6. The van der Waals surface area contributed by atoms with Crippen molar-refractivity contribution >= 4 is 6.09 Å². The Morgan fingerprint density at radius 1 is 1.31 bits per heavy atom. The highest BCUT2D eigenvalue weighted by Crippen LogP contribution is 2.44. The van der Waals surface area contributed by atoms with Gasteiger partial charge in [-0.05, 0) is 69.9 Å². The molecule has 1 saturated heterocycles. The molecule has 26 heavy (non-hydrogen) atoms. The lowest BCUT2D eigenvalue weighted by Crippen LogP contribution is -2.55. The fourth-order valence-corrected chi connectivity index (χ4v) is 3.58. The first-order valence-electron chi connectivity index (χ1n) is 9.50. The average molecular weight is 364 g/mol. The first-order valence-corrected chi connectivity index (χ1v) is 9.50. The van der Waals surface area contributed by atoms with Crippen LogP contribution in [0.15, 0.2) is 18.5 Å². The predicted molar refractivity (Wildman–Crippen MR) is 97.1 cm³/mol. The summed E-state index contributed by atoms with van der Waals surface area (Å²) >= 11 is 0. The van der Waals surface area contributed by atoms with Gasteiger partial charge in [0.05, 0.1) is 18.9 Å². The number of alkyl halides is 1. The number of hydrogen-bond donors (Lipinski definition) is 0. The molecule has 1 amide bonds. The highest BCUT2D eigenvalue weighted by atomic mass is 19.1. The Bertz CT molecular complexity index is 632. The van der Waals surface area contributed by atoms with Crippen LogP contribution in [0.4, 0.5) is 9.18 Å². The van der Waals surface area contributed by atoms with Crippen molar-refractivity contribution in [3.05, 3.63) is 24.0 Å². The number of rotatable bonds is 6. The molecule has 0 aromatic carbocycles. The van der Waals surface area contributed by atoms with Gasteiger partial charge < -0.3 is 14.4 Å². The van der Waals surface area contributed by atoms with Crippen LogP contribution in [-0.2, 0) is 4.74 Å². The molecule has 1 aliphatic carbocycles. The minimum atomic E-state index is -0.491. The zero-order valence-corrected chi connectivity index (χ0v) is 15.9. The van der Waals surface area contributed by atoms with Crippen LogP contribution in [0.2, 0.25) is 0 Å². The Balaban J connectivity index is 1.52. The number of halogens is 1. The monoisotopic (exact) mass is 364 g/mol. The van der Waals surface area contributed by atoms with E-state index in [4.69, 9.17) is 9.47 Å². The van der Waals surface area contributed by atoms with Crippen molar-refractivity contribution in [1.82, 2.24) is 9.88 Å². The number of likely N-dealkylation sites (tertiary alicyclic amines) is 1. The van der Waals surface area contributed by atoms with Crippen molar-refractivity contribution in [3.63, 3.8) is 0 Å². The summed E-state index contributed by atoms with van der Waals surface area (Å²) < 4.78 is 23.9. The maximum Gasteiger partial charge on any atom is 0.410 e. The Labute approximate surface area is 154 Å². The summed E-state index contributed by atoms with van der Waals surface area (Å²) in [5.74, 6) is 1.53. The van der Waals surface area contributed by atoms with Gasteiger partial charge in [0.15, 0.2) is 0 Å². The Kier molecular flexibility index (Phi) is 5.68. The third-order valence-electron chi connectivity index (χ3n) is 5.27. The van der Waals surface area contributed by atoms with Gasteiger partial charge in [-0.25, -0.2) is 4.79 Å². The summed E-state index contributed by atoms with van der Waals surface area (Å²) in [5.41, 5.74) is 0.639. The Hall–Kier alpha value is -1.85. The lowest BCUT2D eigenvalue weighted by Gasteiger charge is -2.41. The Morgan fingerprint density at radius 2 is 2.12 bits per heavy atom. The normalized spacial score (nSPS) is 25.2. The van der Waals surface area contributed by atoms with Crippen LogP contribution in [0, 0.1) is 5.92 Å². The second kappa shape index (κ2) is 7.80. The molecule has 1 aromatic heterocycles. The second-order valence-corrected chi connectivity index (χ2v) is 8.30. The molecule has 2 aliphatic rings. The lowest BCUT2D eigenvalue weighted by atomic mass is 9.69. The predicted octanol–water partition coefficient (Wildman–Crippen LogP) is 4.32.